The molecule has 0 radical (unpaired) electrons. The maximum Gasteiger partial charge on any atom is 0.398 e. The third-order valence-electron chi connectivity index (χ3n) is 8.24. The zero-order valence-corrected chi connectivity index (χ0v) is 23.0. The van der Waals surface area contributed by atoms with Crippen LogP contribution in [0.1, 0.15) is 65.3 Å². The Kier molecular flexibility index (Phi) is 7.02. The number of rotatable bonds is 8. The Hall–Kier alpha value is -4.61. The molecule has 2 amide bonds. The molecule has 0 saturated heterocycles. The Balaban J connectivity index is 1.36. The summed E-state index contributed by atoms with van der Waals surface area (Å²) in [4.78, 5) is 30.0. The van der Waals surface area contributed by atoms with Crippen LogP contribution in [-0.4, -0.2) is 46.3 Å². The molecule has 43 heavy (non-hydrogen) atoms. The van der Waals surface area contributed by atoms with Gasteiger partial charge in [-0.3, -0.25) is 9.59 Å². The van der Waals surface area contributed by atoms with Crippen LogP contribution < -0.4 is 15.8 Å². The molecular weight excluding hydrogens is 566 g/mol. The molecular formula is C31H27F4N5O3. The molecule has 2 aromatic heterocycles. The lowest BCUT2D eigenvalue weighted by Gasteiger charge is -2.25. The van der Waals surface area contributed by atoms with E-state index in [9.17, 15) is 27.2 Å². The third-order valence-corrected chi connectivity index (χ3v) is 8.24. The van der Waals surface area contributed by atoms with Crippen molar-refractivity contribution in [3.63, 3.8) is 0 Å². The minimum atomic E-state index is -4.83. The predicted octanol–water partition coefficient (Wildman–Crippen LogP) is 5.31. The van der Waals surface area contributed by atoms with E-state index in [-0.39, 0.29) is 35.6 Å². The predicted molar refractivity (Wildman–Crippen MR) is 149 cm³/mol. The number of nitrogens with two attached hydrogens (primary N) is 1. The van der Waals surface area contributed by atoms with E-state index in [0.717, 1.165) is 30.7 Å². The summed E-state index contributed by atoms with van der Waals surface area (Å²) >= 11 is 0. The first-order valence-corrected chi connectivity index (χ1v) is 13.9. The van der Waals surface area contributed by atoms with Crippen molar-refractivity contribution in [2.75, 3.05) is 13.2 Å². The Morgan fingerprint density at radius 1 is 1.09 bits per heavy atom. The highest BCUT2D eigenvalue weighted by molar-refractivity contribution is 5.98. The quantitative estimate of drug-likeness (QED) is 0.267. The van der Waals surface area contributed by atoms with Crippen molar-refractivity contribution in [3.8, 4) is 17.0 Å². The second kappa shape index (κ2) is 10.6. The van der Waals surface area contributed by atoms with Crippen molar-refractivity contribution in [1.29, 1.82) is 0 Å². The summed E-state index contributed by atoms with van der Waals surface area (Å²) in [6, 6.07) is 12.7. The first-order chi connectivity index (χ1) is 20.5. The molecule has 1 fully saturated rings. The van der Waals surface area contributed by atoms with E-state index in [1.54, 1.807) is 19.1 Å². The number of nitrogens with one attached hydrogen (secondary N) is 1. The molecule has 2 aliphatic rings. The number of halogens is 4. The summed E-state index contributed by atoms with van der Waals surface area (Å²) in [7, 11) is 0. The molecule has 2 atom stereocenters. The van der Waals surface area contributed by atoms with Crippen molar-refractivity contribution >= 4 is 22.7 Å². The van der Waals surface area contributed by atoms with E-state index in [1.165, 1.54) is 24.3 Å². The van der Waals surface area contributed by atoms with Crippen LogP contribution in [0.15, 0.2) is 54.6 Å². The van der Waals surface area contributed by atoms with Crippen LogP contribution >= 0.6 is 0 Å². The summed E-state index contributed by atoms with van der Waals surface area (Å²) in [6.07, 6.45) is -2.62. The zero-order chi connectivity index (χ0) is 30.5. The SMILES string of the molecule is CC[C@]1(C(N)=O)COc2c1cc([C@@H](CNC(=O)c1ccc3nnc(C4CC4)cc3c1)C(F)(F)F)nc2-c1ccc(F)cc1. The number of primary amides is 1. The fraction of sp³-hybridized carbons (Fsp3) is 0.323. The molecule has 12 heteroatoms. The van der Waals surface area contributed by atoms with Gasteiger partial charge < -0.3 is 15.8 Å². The van der Waals surface area contributed by atoms with Crippen LogP contribution in [-0.2, 0) is 10.2 Å². The van der Waals surface area contributed by atoms with Crippen molar-refractivity contribution in [2.24, 2.45) is 5.73 Å². The molecule has 0 bridgehead atoms. The normalized spacial score (nSPS) is 18.6. The van der Waals surface area contributed by atoms with Gasteiger partial charge in [0.05, 0.1) is 16.9 Å². The van der Waals surface area contributed by atoms with Gasteiger partial charge in [0, 0.05) is 34.5 Å². The number of alkyl halides is 3. The number of amides is 2. The standard InChI is InChI=1S/C31H27F4N5O3/c1-2-30(29(36)42)15-43-27-21(30)13-25(38-26(27)17-5-8-20(32)9-6-17)22(31(33,34)35)14-37-28(41)18-7-10-23-19(11-18)12-24(40-39-23)16-3-4-16/h5-13,16,22H,2-4,14-15H2,1H3,(H2,36,42)(H,37,41)/t22-,30+/m1/s1. The number of fused-ring (bicyclic) bond motifs is 2. The van der Waals surface area contributed by atoms with E-state index >= 15 is 0 Å². The van der Waals surface area contributed by atoms with Crippen molar-refractivity contribution < 1.29 is 31.9 Å². The largest absolute Gasteiger partial charge is 0.489 e. The van der Waals surface area contributed by atoms with E-state index in [1.807, 2.05) is 6.07 Å². The highest BCUT2D eigenvalue weighted by atomic mass is 19.4. The third kappa shape index (κ3) is 5.26. The number of nitrogens with zero attached hydrogens (tertiary/aromatic N) is 3. The maximum absolute atomic E-state index is 14.6. The fourth-order valence-corrected chi connectivity index (χ4v) is 5.45. The average Bonchev–Trinajstić information content (AvgIpc) is 3.76. The number of hydrogen-bond acceptors (Lipinski definition) is 6. The van der Waals surface area contributed by atoms with E-state index in [4.69, 9.17) is 10.5 Å². The maximum atomic E-state index is 14.6. The lowest BCUT2D eigenvalue weighted by Crippen LogP contribution is -2.42. The van der Waals surface area contributed by atoms with Crippen molar-refractivity contribution in [2.45, 2.75) is 49.6 Å². The molecule has 1 saturated carbocycles. The Morgan fingerprint density at radius 3 is 2.49 bits per heavy atom. The first-order valence-electron chi connectivity index (χ1n) is 13.9. The van der Waals surface area contributed by atoms with Crippen LogP contribution in [0.5, 0.6) is 5.75 Å². The molecule has 0 unspecified atom stereocenters. The molecule has 3 N–H and O–H groups in total. The lowest BCUT2D eigenvalue weighted by atomic mass is 9.78. The van der Waals surface area contributed by atoms with Gasteiger partial charge in [0.15, 0.2) is 0 Å². The van der Waals surface area contributed by atoms with Crippen LogP contribution in [0.25, 0.3) is 22.2 Å². The average molecular weight is 594 g/mol. The zero-order valence-electron chi connectivity index (χ0n) is 23.0. The van der Waals surface area contributed by atoms with Crippen molar-refractivity contribution in [1.82, 2.24) is 20.5 Å². The first kappa shape index (κ1) is 28.5. The number of benzene rings is 2. The summed E-state index contributed by atoms with van der Waals surface area (Å²) in [5.74, 6) is -3.78. The highest BCUT2D eigenvalue weighted by Gasteiger charge is 2.49. The van der Waals surface area contributed by atoms with E-state index < -0.39 is 47.4 Å². The molecule has 4 aromatic rings. The lowest BCUT2D eigenvalue weighted by molar-refractivity contribution is -0.149. The number of carbonyl (C=O) groups excluding carboxylic acids is 2. The summed E-state index contributed by atoms with van der Waals surface area (Å²) < 4.78 is 63.2. The second-order valence-corrected chi connectivity index (χ2v) is 11.0. The van der Waals surface area contributed by atoms with E-state index in [2.05, 4.69) is 20.5 Å². The van der Waals surface area contributed by atoms with Crippen LogP contribution in [0.2, 0.25) is 0 Å². The van der Waals surface area contributed by atoms with E-state index in [0.29, 0.717) is 22.4 Å². The van der Waals surface area contributed by atoms with Crippen LogP contribution in [0.3, 0.4) is 0 Å². The molecule has 0 spiro atoms. The van der Waals surface area contributed by atoms with Crippen LogP contribution in [0, 0.1) is 5.82 Å². The second-order valence-electron chi connectivity index (χ2n) is 11.0. The molecule has 6 rings (SSSR count). The highest BCUT2D eigenvalue weighted by Crippen LogP contribution is 2.48. The topological polar surface area (TPSA) is 120 Å². The Labute approximate surface area is 243 Å². The van der Waals surface area contributed by atoms with Gasteiger partial charge in [-0.1, -0.05) is 6.92 Å². The molecule has 222 valence electrons. The Morgan fingerprint density at radius 2 is 1.84 bits per heavy atom. The molecule has 1 aliphatic carbocycles. The molecule has 8 nitrogen and oxygen atoms in total. The minimum absolute atomic E-state index is 0.0201. The van der Waals surface area contributed by atoms with Gasteiger partial charge in [0.2, 0.25) is 5.91 Å². The van der Waals surface area contributed by atoms with Gasteiger partial charge in [0.1, 0.15) is 35.2 Å². The van der Waals surface area contributed by atoms with Gasteiger partial charge in [-0.25, -0.2) is 9.37 Å². The smallest absolute Gasteiger partial charge is 0.398 e. The molecule has 1 aliphatic heterocycles. The summed E-state index contributed by atoms with van der Waals surface area (Å²) in [5, 5.41) is 11.5. The fourth-order valence-electron chi connectivity index (χ4n) is 5.45. The molecule has 3 heterocycles. The van der Waals surface area contributed by atoms with Crippen molar-refractivity contribution in [3.05, 3.63) is 82.9 Å². The number of carbonyl (C=O) groups is 2. The summed E-state index contributed by atoms with van der Waals surface area (Å²) in [5.41, 5.74) is 5.98. The monoisotopic (exact) mass is 593 g/mol. The number of pyridine rings is 1. The van der Waals surface area contributed by atoms with Gasteiger partial charge in [0.25, 0.3) is 5.91 Å². The van der Waals surface area contributed by atoms with Crippen LogP contribution in [0.4, 0.5) is 17.6 Å². The summed E-state index contributed by atoms with van der Waals surface area (Å²) in [6.45, 7) is 0.689. The van der Waals surface area contributed by atoms with Gasteiger partial charge in [-0.05, 0) is 73.9 Å². The minimum Gasteiger partial charge on any atom is -0.489 e. The Bertz CT molecular complexity index is 1740. The number of hydrogen-bond donors (Lipinski definition) is 2. The van der Waals surface area contributed by atoms with Gasteiger partial charge in [-0.2, -0.15) is 23.4 Å². The number of ether oxygens (including phenoxy) is 1. The van der Waals surface area contributed by atoms with Gasteiger partial charge in [-0.15, -0.1) is 0 Å². The van der Waals surface area contributed by atoms with Gasteiger partial charge >= 0.3 is 6.18 Å². The number of aromatic nitrogens is 3. The molecule has 2 aromatic carbocycles.